The number of fused-ring (bicyclic) bond motifs is 1. The fourth-order valence-corrected chi connectivity index (χ4v) is 4.20. The van der Waals surface area contributed by atoms with Gasteiger partial charge in [0.15, 0.2) is 5.78 Å². The van der Waals surface area contributed by atoms with Gasteiger partial charge in [-0.1, -0.05) is 29.8 Å². The summed E-state index contributed by atoms with van der Waals surface area (Å²) < 4.78 is 11.0. The van der Waals surface area contributed by atoms with E-state index in [1.165, 1.54) is 11.0 Å². The molecule has 1 amide bonds. The molecule has 0 saturated heterocycles. The fourth-order valence-electron chi connectivity index (χ4n) is 4.01. The van der Waals surface area contributed by atoms with Gasteiger partial charge in [0.05, 0.1) is 13.2 Å². The summed E-state index contributed by atoms with van der Waals surface area (Å²) in [5.74, 6) is -0.618. The van der Waals surface area contributed by atoms with Crippen LogP contribution in [0.15, 0.2) is 60.7 Å². The number of aromatic carboxylic acids is 1. The second kappa shape index (κ2) is 10.2. The van der Waals surface area contributed by atoms with Crippen molar-refractivity contribution in [3.8, 4) is 11.5 Å². The molecule has 0 saturated carbocycles. The topological polar surface area (TPSA) is 93.1 Å². The Bertz CT molecular complexity index is 1290. The van der Waals surface area contributed by atoms with E-state index < -0.39 is 12.0 Å². The normalized spacial score (nSPS) is 15.4. The predicted molar refractivity (Wildman–Crippen MR) is 130 cm³/mol. The van der Waals surface area contributed by atoms with Gasteiger partial charge in [0, 0.05) is 23.6 Å². The number of amides is 1. The van der Waals surface area contributed by atoms with Crippen LogP contribution in [0.5, 0.6) is 11.5 Å². The van der Waals surface area contributed by atoms with Crippen molar-refractivity contribution in [3.05, 3.63) is 93.5 Å². The van der Waals surface area contributed by atoms with E-state index in [1.54, 1.807) is 56.5 Å². The Hall–Kier alpha value is -3.84. The lowest BCUT2D eigenvalue weighted by Crippen LogP contribution is -2.41. The monoisotopic (exact) mass is 493 g/mol. The smallest absolute Gasteiger partial charge is 0.339 e. The van der Waals surface area contributed by atoms with Gasteiger partial charge in [0.1, 0.15) is 23.7 Å². The molecule has 1 N–H and O–H groups in total. The van der Waals surface area contributed by atoms with Crippen LogP contribution in [0.4, 0.5) is 0 Å². The third-order valence-corrected chi connectivity index (χ3v) is 6.27. The minimum atomic E-state index is -1.12. The van der Waals surface area contributed by atoms with Crippen LogP contribution in [-0.2, 0) is 24.4 Å². The molecule has 0 spiro atoms. The Balaban J connectivity index is 1.60. The van der Waals surface area contributed by atoms with Gasteiger partial charge in [-0.3, -0.25) is 9.59 Å². The Morgan fingerprint density at radius 2 is 1.77 bits per heavy atom. The SMILES string of the molecule is COc1ccc(COc2cc(CN3C(=O)c4ccc(Cl)cc4CC(=O)[C@H]3C)ccc2C(=O)O)cc1. The number of carbonyl (C=O) groups is 3. The Kier molecular flexibility index (Phi) is 7.07. The van der Waals surface area contributed by atoms with E-state index in [1.807, 2.05) is 12.1 Å². The maximum absolute atomic E-state index is 13.3. The molecule has 1 heterocycles. The first-order valence-electron chi connectivity index (χ1n) is 11.0. The molecule has 7 nitrogen and oxygen atoms in total. The van der Waals surface area contributed by atoms with Crippen LogP contribution in [0.25, 0.3) is 0 Å². The van der Waals surface area contributed by atoms with Crippen molar-refractivity contribution in [2.45, 2.75) is 32.5 Å². The van der Waals surface area contributed by atoms with Gasteiger partial charge in [-0.25, -0.2) is 4.79 Å². The molecule has 1 aliphatic heterocycles. The third-order valence-electron chi connectivity index (χ3n) is 6.04. The van der Waals surface area contributed by atoms with Crippen molar-refractivity contribution >= 4 is 29.3 Å². The van der Waals surface area contributed by atoms with Crippen molar-refractivity contribution in [1.29, 1.82) is 0 Å². The number of Topliss-reactive ketones (excluding diaryl/α,β-unsaturated/α-hetero) is 1. The first-order chi connectivity index (χ1) is 16.8. The van der Waals surface area contributed by atoms with Crippen molar-refractivity contribution in [2.75, 3.05) is 7.11 Å². The van der Waals surface area contributed by atoms with Gasteiger partial charge in [-0.05, 0) is 66.1 Å². The lowest BCUT2D eigenvalue weighted by atomic mass is 10.0. The zero-order valence-corrected chi connectivity index (χ0v) is 20.0. The summed E-state index contributed by atoms with van der Waals surface area (Å²) in [4.78, 5) is 39.4. The van der Waals surface area contributed by atoms with Crippen LogP contribution >= 0.6 is 11.6 Å². The molecule has 0 unspecified atom stereocenters. The molecule has 8 heteroatoms. The summed E-state index contributed by atoms with van der Waals surface area (Å²) in [6.45, 7) is 1.96. The van der Waals surface area contributed by atoms with E-state index in [-0.39, 0.29) is 42.6 Å². The van der Waals surface area contributed by atoms with E-state index >= 15 is 0 Å². The number of ether oxygens (including phenoxy) is 2. The number of nitrogens with zero attached hydrogens (tertiary/aromatic N) is 1. The molecule has 4 rings (SSSR count). The predicted octanol–water partition coefficient (Wildman–Crippen LogP) is 4.78. The summed E-state index contributed by atoms with van der Waals surface area (Å²) in [5, 5.41) is 10.1. The summed E-state index contributed by atoms with van der Waals surface area (Å²) in [7, 11) is 1.58. The van der Waals surface area contributed by atoms with Crippen LogP contribution in [-0.4, -0.2) is 40.8 Å². The summed E-state index contributed by atoms with van der Waals surface area (Å²) in [6, 6.07) is 16.2. The first kappa shape index (κ1) is 24.3. The van der Waals surface area contributed by atoms with Crippen LogP contribution in [0, 0.1) is 0 Å². The highest BCUT2D eigenvalue weighted by molar-refractivity contribution is 6.30. The van der Waals surface area contributed by atoms with Crippen molar-refractivity contribution in [2.24, 2.45) is 0 Å². The maximum atomic E-state index is 13.3. The van der Waals surface area contributed by atoms with E-state index in [0.29, 0.717) is 27.5 Å². The number of hydrogen-bond acceptors (Lipinski definition) is 5. The van der Waals surface area contributed by atoms with Crippen molar-refractivity contribution in [3.63, 3.8) is 0 Å². The number of benzene rings is 3. The number of methoxy groups -OCH3 is 1. The zero-order chi connectivity index (χ0) is 25.1. The average molecular weight is 494 g/mol. The minimum Gasteiger partial charge on any atom is -0.497 e. The van der Waals surface area contributed by atoms with E-state index in [0.717, 1.165) is 5.56 Å². The standard InChI is InChI=1S/C27H24ClNO6/c1-16-24(30)13-19-12-20(28)6-10-22(19)26(31)29(16)14-18-5-9-23(27(32)33)25(11-18)35-15-17-3-7-21(34-2)8-4-17/h3-12,16H,13-15H2,1-2H3,(H,32,33)/t16-/m1/s1. The maximum Gasteiger partial charge on any atom is 0.339 e. The molecule has 3 aromatic carbocycles. The van der Waals surface area contributed by atoms with Crippen LogP contribution in [0.2, 0.25) is 5.02 Å². The highest BCUT2D eigenvalue weighted by Crippen LogP contribution is 2.28. The van der Waals surface area contributed by atoms with Gasteiger partial charge in [-0.15, -0.1) is 0 Å². The first-order valence-corrected chi connectivity index (χ1v) is 11.4. The quantitative estimate of drug-likeness (QED) is 0.509. The Morgan fingerprint density at radius 3 is 2.46 bits per heavy atom. The van der Waals surface area contributed by atoms with E-state index in [2.05, 4.69) is 0 Å². The number of carboxylic acid groups (broad SMARTS) is 1. The lowest BCUT2D eigenvalue weighted by molar-refractivity contribution is -0.122. The van der Waals surface area contributed by atoms with Crippen LogP contribution in [0.3, 0.4) is 0 Å². The van der Waals surface area contributed by atoms with Crippen molar-refractivity contribution < 1.29 is 29.0 Å². The number of rotatable bonds is 7. The molecule has 0 aromatic heterocycles. The van der Waals surface area contributed by atoms with Gasteiger partial charge in [0.2, 0.25) is 0 Å². The average Bonchev–Trinajstić information content (AvgIpc) is 2.93. The summed E-state index contributed by atoms with van der Waals surface area (Å²) >= 11 is 6.07. The van der Waals surface area contributed by atoms with Crippen molar-refractivity contribution in [1.82, 2.24) is 4.90 Å². The van der Waals surface area contributed by atoms with E-state index in [9.17, 15) is 19.5 Å². The number of hydrogen-bond donors (Lipinski definition) is 1. The summed E-state index contributed by atoms with van der Waals surface area (Å²) in [6.07, 6.45) is 0.119. The highest BCUT2D eigenvalue weighted by atomic mass is 35.5. The van der Waals surface area contributed by atoms with Crippen LogP contribution < -0.4 is 9.47 Å². The van der Waals surface area contributed by atoms with Gasteiger partial charge < -0.3 is 19.5 Å². The second-order valence-electron chi connectivity index (χ2n) is 8.33. The minimum absolute atomic E-state index is 0.00793. The molecule has 0 radical (unpaired) electrons. The summed E-state index contributed by atoms with van der Waals surface area (Å²) in [5.41, 5.74) is 2.53. The molecular weight excluding hydrogens is 470 g/mol. The molecule has 3 aromatic rings. The second-order valence-corrected chi connectivity index (χ2v) is 8.76. The Morgan fingerprint density at radius 1 is 1.06 bits per heavy atom. The van der Waals surface area contributed by atoms with Gasteiger partial charge in [-0.2, -0.15) is 0 Å². The molecule has 0 bridgehead atoms. The molecular formula is C27H24ClNO6. The molecule has 0 fully saturated rings. The number of halogens is 1. The molecule has 1 aliphatic rings. The van der Waals surface area contributed by atoms with Gasteiger partial charge >= 0.3 is 5.97 Å². The largest absolute Gasteiger partial charge is 0.497 e. The zero-order valence-electron chi connectivity index (χ0n) is 19.3. The number of carboxylic acids is 1. The highest BCUT2D eigenvalue weighted by Gasteiger charge is 2.32. The Labute approximate surface area is 207 Å². The molecule has 180 valence electrons. The number of carbonyl (C=O) groups excluding carboxylic acids is 2. The third kappa shape index (κ3) is 5.30. The lowest BCUT2D eigenvalue weighted by Gasteiger charge is -2.27. The van der Waals surface area contributed by atoms with Gasteiger partial charge in [0.25, 0.3) is 5.91 Å². The molecule has 0 aliphatic carbocycles. The fraction of sp³-hybridized carbons (Fsp3) is 0.222. The molecule has 35 heavy (non-hydrogen) atoms. The number of ketones is 1. The molecule has 1 atom stereocenters. The van der Waals surface area contributed by atoms with E-state index in [4.69, 9.17) is 21.1 Å². The van der Waals surface area contributed by atoms with Crippen LogP contribution in [0.1, 0.15) is 44.3 Å².